The Morgan fingerprint density at radius 2 is 1.60 bits per heavy atom. The number of halogens is 1. The predicted octanol–water partition coefficient (Wildman–Crippen LogP) is 3.68. The third kappa shape index (κ3) is 2.12. The fourth-order valence-corrected chi connectivity index (χ4v) is 2.19. The van der Waals surface area contributed by atoms with E-state index in [1.165, 1.54) is 6.26 Å². The van der Waals surface area contributed by atoms with Crippen LogP contribution >= 0.6 is 11.6 Å². The Labute approximate surface area is 119 Å². The van der Waals surface area contributed by atoms with Crippen LogP contribution in [0.25, 0.3) is 10.8 Å². The van der Waals surface area contributed by atoms with Crippen molar-refractivity contribution >= 4 is 28.2 Å². The molecule has 0 radical (unpaired) electrons. The van der Waals surface area contributed by atoms with Crippen molar-refractivity contribution in [3.63, 3.8) is 0 Å². The number of benzene rings is 2. The molecule has 0 N–H and O–H groups in total. The molecule has 0 aliphatic heterocycles. The van der Waals surface area contributed by atoms with Crippen LogP contribution in [0.15, 0.2) is 64.0 Å². The minimum absolute atomic E-state index is 0.207. The highest BCUT2D eigenvalue weighted by atomic mass is 35.5. The van der Waals surface area contributed by atoms with Crippen molar-refractivity contribution in [3.05, 3.63) is 81.4 Å². The smallest absolute Gasteiger partial charge is 0.343 e. The van der Waals surface area contributed by atoms with Crippen molar-refractivity contribution in [3.8, 4) is 0 Å². The maximum atomic E-state index is 12.5. The normalized spacial score (nSPS) is 10.7. The van der Waals surface area contributed by atoms with E-state index in [1.54, 1.807) is 48.5 Å². The van der Waals surface area contributed by atoms with Gasteiger partial charge in [-0.2, -0.15) is 0 Å². The van der Waals surface area contributed by atoms with Gasteiger partial charge in [-0.3, -0.25) is 4.79 Å². The highest BCUT2D eigenvalue weighted by molar-refractivity contribution is 6.30. The van der Waals surface area contributed by atoms with E-state index in [2.05, 4.69) is 0 Å². The third-order valence-electron chi connectivity index (χ3n) is 3.07. The first-order valence-corrected chi connectivity index (χ1v) is 6.35. The van der Waals surface area contributed by atoms with Gasteiger partial charge in [0.05, 0.1) is 10.9 Å². The molecule has 0 unspecified atom stereocenters. The number of carbonyl (C=O) groups excluding carboxylic acids is 1. The highest BCUT2D eigenvalue weighted by Crippen LogP contribution is 2.20. The average Bonchev–Trinajstić information content (AvgIpc) is 2.48. The summed E-state index contributed by atoms with van der Waals surface area (Å²) in [6, 6.07) is 13.5. The molecule has 0 aliphatic carbocycles. The summed E-state index contributed by atoms with van der Waals surface area (Å²) in [6.45, 7) is 0. The molecule has 4 heteroatoms. The van der Waals surface area contributed by atoms with Crippen molar-refractivity contribution in [1.82, 2.24) is 0 Å². The van der Waals surface area contributed by atoms with Crippen molar-refractivity contribution in [2.24, 2.45) is 0 Å². The van der Waals surface area contributed by atoms with E-state index in [0.29, 0.717) is 26.9 Å². The van der Waals surface area contributed by atoms with E-state index in [4.69, 9.17) is 16.0 Å². The highest BCUT2D eigenvalue weighted by Gasteiger charge is 2.15. The molecule has 0 bridgehead atoms. The van der Waals surface area contributed by atoms with Crippen LogP contribution in [0.1, 0.15) is 15.9 Å². The molecule has 0 atom stereocenters. The first-order valence-electron chi connectivity index (χ1n) is 5.97. The van der Waals surface area contributed by atoms with Crippen LogP contribution in [0.5, 0.6) is 0 Å². The Morgan fingerprint density at radius 3 is 2.30 bits per heavy atom. The standard InChI is InChI=1S/C16H9ClO3/c17-11-7-5-10(6-8-11)15(18)14-9-20-16(19)13-4-2-1-3-12(13)14/h1-9H. The van der Waals surface area contributed by atoms with Gasteiger partial charge in [0.2, 0.25) is 0 Å². The van der Waals surface area contributed by atoms with Crippen LogP contribution in [0.3, 0.4) is 0 Å². The summed E-state index contributed by atoms with van der Waals surface area (Å²) >= 11 is 5.81. The van der Waals surface area contributed by atoms with Gasteiger partial charge >= 0.3 is 5.63 Å². The monoisotopic (exact) mass is 284 g/mol. The van der Waals surface area contributed by atoms with Gasteiger partial charge in [-0.05, 0) is 30.3 Å². The average molecular weight is 285 g/mol. The largest absolute Gasteiger partial charge is 0.430 e. The molecule has 0 spiro atoms. The first kappa shape index (κ1) is 12.6. The Morgan fingerprint density at radius 1 is 0.950 bits per heavy atom. The lowest BCUT2D eigenvalue weighted by molar-refractivity contribution is 0.103. The van der Waals surface area contributed by atoms with Crippen molar-refractivity contribution in [2.45, 2.75) is 0 Å². The Kier molecular flexibility index (Phi) is 3.12. The second kappa shape index (κ2) is 4.94. The van der Waals surface area contributed by atoms with E-state index in [1.807, 2.05) is 0 Å². The van der Waals surface area contributed by atoms with Crippen molar-refractivity contribution in [1.29, 1.82) is 0 Å². The molecule has 0 fully saturated rings. The Bertz CT molecular complexity index is 847. The summed E-state index contributed by atoms with van der Waals surface area (Å²) in [4.78, 5) is 24.1. The number of ketones is 1. The van der Waals surface area contributed by atoms with Gasteiger partial charge in [-0.15, -0.1) is 0 Å². The number of hydrogen-bond donors (Lipinski definition) is 0. The van der Waals surface area contributed by atoms with Gasteiger partial charge in [0.25, 0.3) is 0 Å². The van der Waals surface area contributed by atoms with Gasteiger partial charge in [-0.1, -0.05) is 29.8 Å². The van der Waals surface area contributed by atoms with E-state index in [0.717, 1.165) is 0 Å². The molecule has 0 aliphatic rings. The van der Waals surface area contributed by atoms with Crippen molar-refractivity contribution < 1.29 is 9.21 Å². The summed E-state index contributed by atoms with van der Waals surface area (Å²) in [7, 11) is 0. The summed E-state index contributed by atoms with van der Waals surface area (Å²) < 4.78 is 4.94. The molecule has 1 heterocycles. The summed E-state index contributed by atoms with van der Waals surface area (Å²) in [5.74, 6) is -0.207. The SMILES string of the molecule is O=C(c1ccc(Cl)cc1)c1coc(=O)c2ccccc12. The van der Waals surface area contributed by atoms with Crippen LogP contribution in [0.4, 0.5) is 0 Å². The maximum Gasteiger partial charge on any atom is 0.343 e. The molecule has 0 saturated heterocycles. The fourth-order valence-electron chi connectivity index (χ4n) is 2.07. The maximum absolute atomic E-state index is 12.5. The lowest BCUT2D eigenvalue weighted by Gasteiger charge is -2.04. The molecule has 1 aromatic heterocycles. The fraction of sp³-hybridized carbons (Fsp3) is 0. The van der Waals surface area contributed by atoms with Gasteiger partial charge in [0.1, 0.15) is 6.26 Å². The first-order chi connectivity index (χ1) is 9.66. The molecule has 3 aromatic rings. The zero-order chi connectivity index (χ0) is 14.1. The van der Waals surface area contributed by atoms with Crippen LogP contribution < -0.4 is 5.63 Å². The van der Waals surface area contributed by atoms with E-state index in [9.17, 15) is 9.59 Å². The number of hydrogen-bond acceptors (Lipinski definition) is 3. The quantitative estimate of drug-likeness (QED) is 0.675. The summed E-state index contributed by atoms with van der Waals surface area (Å²) in [5.41, 5.74) is 0.407. The van der Waals surface area contributed by atoms with Gasteiger partial charge < -0.3 is 4.42 Å². The van der Waals surface area contributed by atoms with E-state index < -0.39 is 5.63 Å². The van der Waals surface area contributed by atoms with Crippen molar-refractivity contribution in [2.75, 3.05) is 0 Å². The van der Waals surface area contributed by atoms with Crippen LogP contribution in [-0.2, 0) is 0 Å². The summed E-state index contributed by atoms with van der Waals surface area (Å²) in [6.07, 6.45) is 1.21. The number of fused-ring (bicyclic) bond motifs is 1. The topological polar surface area (TPSA) is 47.3 Å². The number of rotatable bonds is 2. The predicted molar refractivity (Wildman–Crippen MR) is 77.4 cm³/mol. The van der Waals surface area contributed by atoms with E-state index in [-0.39, 0.29) is 5.78 Å². The molecular weight excluding hydrogens is 276 g/mol. The molecule has 0 saturated carbocycles. The molecule has 20 heavy (non-hydrogen) atoms. The zero-order valence-electron chi connectivity index (χ0n) is 10.3. The minimum atomic E-state index is -0.451. The second-order valence-electron chi connectivity index (χ2n) is 4.32. The Balaban J connectivity index is 2.20. The molecule has 2 aromatic carbocycles. The third-order valence-corrected chi connectivity index (χ3v) is 3.32. The minimum Gasteiger partial charge on any atom is -0.430 e. The van der Waals surface area contributed by atoms with Crippen LogP contribution in [0, 0.1) is 0 Å². The molecule has 0 amide bonds. The van der Waals surface area contributed by atoms with Crippen LogP contribution in [0.2, 0.25) is 5.02 Å². The lowest BCUT2D eigenvalue weighted by atomic mass is 10.0. The van der Waals surface area contributed by atoms with Crippen LogP contribution in [-0.4, -0.2) is 5.78 Å². The van der Waals surface area contributed by atoms with E-state index >= 15 is 0 Å². The molecule has 3 rings (SSSR count). The van der Waals surface area contributed by atoms with Gasteiger partial charge in [0, 0.05) is 16.0 Å². The zero-order valence-corrected chi connectivity index (χ0v) is 11.1. The second-order valence-corrected chi connectivity index (χ2v) is 4.75. The van der Waals surface area contributed by atoms with Gasteiger partial charge in [-0.25, -0.2) is 4.79 Å². The number of carbonyl (C=O) groups is 1. The Hall–Kier alpha value is -2.39. The lowest BCUT2D eigenvalue weighted by Crippen LogP contribution is -2.07. The molecule has 3 nitrogen and oxygen atoms in total. The van der Waals surface area contributed by atoms with Gasteiger partial charge in [0.15, 0.2) is 5.78 Å². The molecule has 98 valence electrons. The summed E-state index contributed by atoms with van der Waals surface area (Å²) in [5, 5.41) is 1.54. The molecular formula is C16H9ClO3.